The van der Waals surface area contributed by atoms with Gasteiger partial charge in [0.2, 0.25) is 5.95 Å². The molecule has 128 valence electrons. The van der Waals surface area contributed by atoms with Crippen molar-refractivity contribution < 1.29 is 4.39 Å². The molecule has 2 aromatic carbocycles. The molecule has 0 saturated heterocycles. The van der Waals surface area contributed by atoms with Gasteiger partial charge in [0.1, 0.15) is 11.6 Å². The van der Waals surface area contributed by atoms with Crippen LogP contribution < -0.4 is 10.6 Å². The lowest BCUT2D eigenvalue weighted by atomic mass is 10.1. The van der Waals surface area contributed by atoms with Crippen molar-refractivity contribution in [1.29, 1.82) is 0 Å². The molecule has 0 amide bonds. The second kappa shape index (κ2) is 8.78. The number of rotatable bonds is 8. The van der Waals surface area contributed by atoms with E-state index in [0.29, 0.717) is 24.5 Å². The predicted molar refractivity (Wildman–Crippen MR) is 99.3 cm³/mol. The SMILES string of the molecule is Fc1ccccc1CCNc1ccnc(NCCc2ccccc2)n1. The molecular formula is C20H21FN4. The third kappa shape index (κ3) is 5.28. The fourth-order valence-corrected chi connectivity index (χ4v) is 2.53. The van der Waals surface area contributed by atoms with Crippen LogP contribution in [0.2, 0.25) is 0 Å². The summed E-state index contributed by atoms with van der Waals surface area (Å²) in [5, 5.41) is 6.44. The van der Waals surface area contributed by atoms with E-state index in [1.54, 1.807) is 18.3 Å². The van der Waals surface area contributed by atoms with E-state index in [4.69, 9.17) is 0 Å². The molecule has 0 spiro atoms. The molecule has 0 unspecified atom stereocenters. The quantitative estimate of drug-likeness (QED) is 0.654. The molecule has 1 heterocycles. The summed E-state index contributed by atoms with van der Waals surface area (Å²) in [5.74, 6) is 1.15. The molecule has 2 N–H and O–H groups in total. The van der Waals surface area contributed by atoms with Crippen LogP contribution in [0.5, 0.6) is 0 Å². The highest BCUT2D eigenvalue weighted by Gasteiger charge is 2.02. The van der Waals surface area contributed by atoms with E-state index < -0.39 is 0 Å². The fraction of sp³-hybridized carbons (Fsp3) is 0.200. The Morgan fingerprint density at radius 2 is 1.56 bits per heavy atom. The van der Waals surface area contributed by atoms with E-state index in [-0.39, 0.29) is 5.82 Å². The Bertz CT molecular complexity index is 792. The number of hydrogen-bond donors (Lipinski definition) is 2. The molecule has 0 aliphatic rings. The molecule has 0 radical (unpaired) electrons. The monoisotopic (exact) mass is 336 g/mol. The van der Waals surface area contributed by atoms with Crippen molar-refractivity contribution in [2.45, 2.75) is 12.8 Å². The molecule has 25 heavy (non-hydrogen) atoms. The van der Waals surface area contributed by atoms with Crippen LogP contribution in [-0.4, -0.2) is 23.1 Å². The van der Waals surface area contributed by atoms with Crippen LogP contribution in [0.25, 0.3) is 0 Å². The first kappa shape index (κ1) is 16.9. The molecule has 1 aromatic heterocycles. The van der Waals surface area contributed by atoms with Crippen LogP contribution in [0.15, 0.2) is 66.9 Å². The number of aromatic nitrogens is 2. The third-order valence-electron chi connectivity index (χ3n) is 3.85. The van der Waals surface area contributed by atoms with Crippen LogP contribution in [-0.2, 0) is 12.8 Å². The summed E-state index contributed by atoms with van der Waals surface area (Å²) in [5.41, 5.74) is 1.97. The van der Waals surface area contributed by atoms with Crippen molar-refractivity contribution in [2.24, 2.45) is 0 Å². The molecular weight excluding hydrogens is 315 g/mol. The molecule has 0 saturated carbocycles. The molecule has 3 rings (SSSR count). The summed E-state index contributed by atoms with van der Waals surface area (Å²) in [4.78, 5) is 8.66. The minimum atomic E-state index is -0.171. The average molecular weight is 336 g/mol. The smallest absolute Gasteiger partial charge is 0.224 e. The Morgan fingerprint density at radius 1 is 0.800 bits per heavy atom. The molecule has 0 bridgehead atoms. The lowest BCUT2D eigenvalue weighted by molar-refractivity contribution is 0.610. The number of halogens is 1. The van der Waals surface area contributed by atoms with E-state index in [9.17, 15) is 4.39 Å². The van der Waals surface area contributed by atoms with Gasteiger partial charge in [-0.15, -0.1) is 0 Å². The first-order valence-corrected chi connectivity index (χ1v) is 8.39. The highest BCUT2D eigenvalue weighted by Crippen LogP contribution is 2.09. The Morgan fingerprint density at radius 3 is 2.40 bits per heavy atom. The zero-order valence-corrected chi connectivity index (χ0v) is 14.0. The van der Waals surface area contributed by atoms with Gasteiger partial charge in [0.25, 0.3) is 0 Å². The topological polar surface area (TPSA) is 49.8 Å². The van der Waals surface area contributed by atoms with Crippen molar-refractivity contribution >= 4 is 11.8 Å². The van der Waals surface area contributed by atoms with Gasteiger partial charge in [-0.1, -0.05) is 48.5 Å². The minimum Gasteiger partial charge on any atom is -0.370 e. The molecule has 5 heteroatoms. The Kier molecular flexibility index (Phi) is 5.93. The van der Waals surface area contributed by atoms with Gasteiger partial charge in [-0.3, -0.25) is 0 Å². The molecule has 3 aromatic rings. The molecule has 4 nitrogen and oxygen atoms in total. The maximum absolute atomic E-state index is 13.6. The van der Waals surface area contributed by atoms with Crippen molar-refractivity contribution in [2.75, 3.05) is 23.7 Å². The van der Waals surface area contributed by atoms with Crippen molar-refractivity contribution in [3.63, 3.8) is 0 Å². The second-order valence-corrected chi connectivity index (χ2v) is 5.70. The van der Waals surface area contributed by atoms with Crippen LogP contribution in [0, 0.1) is 5.82 Å². The summed E-state index contributed by atoms with van der Waals surface area (Å²) in [7, 11) is 0. The zero-order chi connectivity index (χ0) is 17.3. The normalized spacial score (nSPS) is 10.4. The highest BCUT2D eigenvalue weighted by molar-refractivity contribution is 5.39. The van der Waals surface area contributed by atoms with Gasteiger partial charge in [0, 0.05) is 19.3 Å². The van der Waals surface area contributed by atoms with Gasteiger partial charge in [-0.2, -0.15) is 4.98 Å². The number of nitrogens with zero attached hydrogens (tertiary/aromatic N) is 2. The summed E-state index contributed by atoms with van der Waals surface area (Å²) in [6.45, 7) is 1.38. The maximum Gasteiger partial charge on any atom is 0.224 e. The molecule has 0 aliphatic heterocycles. The fourth-order valence-electron chi connectivity index (χ4n) is 2.53. The Balaban J connectivity index is 1.47. The zero-order valence-electron chi connectivity index (χ0n) is 14.0. The summed E-state index contributed by atoms with van der Waals surface area (Å²) in [6, 6.07) is 18.9. The number of nitrogens with one attached hydrogen (secondary N) is 2. The van der Waals surface area contributed by atoms with Crippen molar-refractivity contribution in [3.8, 4) is 0 Å². The average Bonchev–Trinajstić information content (AvgIpc) is 2.65. The van der Waals surface area contributed by atoms with Crippen LogP contribution in [0.4, 0.5) is 16.2 Å². The van der Waals surface area contributed by atoms with Crippen molar-refractivity contribution in [3.05, 3.63) is 83.8 Å². The predicted octanol–water partition coefficient (Wildman–Crippen LogP) is 3.92. The van der Waals surface area contributed by atoms with E-state index >= 15 is 0 Å². The molecule has 0 aliphatic carbocycles. The first-order chi connectivity index (χ1) is 12.3. The number of anilines is 2. The number of hydrogen-bond acceptors (Lipinski definition) is 4. The van der Waals surface area contributed by atoms with Crippen LogP contribution in [0.3, 0.4) is 0 Å². The van der Waals surface area contributed by atoms with Gasteiger partial charge < -0.3 is 10.6 Å². The van der Waals surface area contributed by atoms with E-state index in [0.717, 1.165) is 18.8 Å². The van der Waals surface area contributed by atoms with Gasteiger partial charge >= 0.3 is 0 Å². The Labute approximate surface area is 147 Å². The minimum absolute atomic E-state index is 0.171. The van der Waals surface area contributed by atoms with Gasteiger partial charge in [-0.05, 0) is 36.1 Å². The lowest BCUT2D eigenvalue weighted by Crippen LogP contribution is -2.11. The summed E-state index contributed by atoms with van der Waals surface area (Å²) < 4.78 is 13.6. The van der Waals surface area contributed by atoms with Gasteiger partial charge in [0.15, 0.2) is 0 Å². The second-order valence-electron chi connectivity index (χ2n) is 5.70. The van der Waals surface area contributed by atoms with E-state index in [1.807, 2.05) is 30.3 Å². The van der Waals surface area contributed by atoms with Crippen molar-refractivity contribution in [1.82, 2.24) is 9.97 Å². The van der Waals surface area contributed by atoms with Gasteiger partial charge in [0.05, 0.1) is 0 Å². The van der Waals surface area contributed by atoms with Crippen LogP contribution in [0.1, 0.15) is 11.1 Å². The van der Waals surface area contributed by atoms with Gasteiger partial charge in [-0.25, -0.2) is 9.37 Å². The summed E-state index contributed by atoms with van der Waals surface area (Å²) >= 11 is 0. The highest BCUT2D eigenvalue weighted by atomic mass is 19.1. The standard InChI is InChI=1S/C20H21FN4/c21-18-9-5-4-8-17(18)11-14-22-19-12-15-24-20(25-19)23-13-10-16-6-2-1-3-7-16/h1-9,12,15H,10-11,13-14H2,(H2,22,23,24,25). The summed E-state index contributed by atoms with van der Waals surface area (Å²) in [6.07, 6.45) is 3.23. The lowest BCUT2D eigenvalue weighted by Gasteiger charge is -2.09. The Hall–Kier alpha value is -2.95. The first-order valence-electron chi connectivity index (χ1n) is 8.39. The molecule has 0 fully saturated rings. The molecule has 0 atom stereocenters. The third-order valence-corrected chi connectivity index (χ3v) is 3.85. The van der Waals surface area contributed by atoms with E-state index in [2.05, 4.69) is 32.7 Å². The maximum atomic E-state index is 13.6. The largest absolute Gasteiger partial charge is 0.370 e. The van der Waals surface area contributed by atoms with E-state index in [1.165, 1.54) is 11.6 Å². The van der Waals surface area contributed by atoms with Crippen LogP contribution >= 0.6 is 0 Å². The number of benzene rings is 2.